The van der Waals surface area contributed by atoms with Gasteiger partial charge in [-0.05, 0) is 28.1 Å². The molecule has 0 heterocycles. The van der Waals surface area contributed by atoms with Crippen LogP contribution >= 0.6 is 15.9 Å². The van der Waals surface area contributed by atoms with E-state index in [-0.39, 0.29) is 4.90 Å². The van der Waals surface area contributed by atoms with Crippen molar-refractivity contribution in [2.45, 2.75) is 4.90 Å². The molecule has 1 aromatic carbocycles. The molecule has 5 nitrogen and oxygen atoms in total. The molecule has 0 fully saturated rings. The quantitative estimate of drug-likeness (QED) is 0.618. The molecule has 0 saturated carbocycles. The van der Waals surface area contributed by atoms with Gasteiger partial charge in [0.2, 0.25) is 0 Å². The third-order valence-electron chi connectivity index (χ3n) is 1.23. The minimum Gasteiger partial charge on any atom is -0.228 e. The van der Waals surface area contributed by atoms with Gasteiger partial charge in [0.1, 0.15) is 4.90 Å². The Kier molecular flexibility index (Phi) is 2.99. The molecule has 13 heavy (non-hydrogen) atoms. The minimum absolute atomic E-state index is 0.130. The highest BCUT2D eigenvalue weighted by molar-refractivity contribution is 9.10. The Morgan fingerprint density at radius 1 is 1.31 bits per heavy atom. The largest absolute Gasteiger partial charge is 0.362 e. The fraction of sp³-hybridized carbons (Fsp3) is 0. The summed E-state index contributed by atoms with van der Waals surface area (Å²) in [4.78, 5) is 9.51. The number of hydrogen-bond donors (Lipinski definition) is 0. The van der Waals surface area contributed by atoms with Gasteiger partial charge in [-0.25, -0.2) is 4.28 Å². The highest BCUT2D eigenvalue weighted by Crippen LogP contribution is 2.22. The van der Waals surface area contributed by atoms with Crippen molar-refractivity contribution in [3.05, 3.63) is 33.6 Å². The van der Waals surface area contributed by atoms with Crippen LogP contribution in [-0.2, 0) is 14.4 Å². The fourth-order valence-electron chi connectivity index (χ4n) is 0.728. The molecular weight excluding hydrogens is 262 g/mol. The maximum Gasteiger partial charge on any atom is 0.362 e. The van der Waals surface area contributed by atoms with Crippen molar-refractivity contribution in [3.8, 4) is 0 Å². The third-order valence-corrected chi connectivity index (χ3v) is 3.34. The zero-order valence-corrected chi connectivity index (χ0v) is 8.58. The first-order valence-corrected chi connectivity index (χ1v) is 5.29. The molecular formula is C6H4BrNO4S. The van der Waals surface area contributed by atoms with Crippen LogP contribution in [0.2, 0.25) is 0 Å². The van der Waals surface area contributed by atoms with E-state index in [0.717, 1.165) is 0 Å². The Labute approximate surface area is 82.9 Å². The molecule has 70 valence electrons. The van der Waals surface area contributed by atoms with Gasteiger partial charge in [-0.3, -0.25) is 0 Å². The highest BCUT2D eigenvalue weighted by atomic mass is 79.9. The molecule has 1 aromatic rings. The summed E-state index contributed by atoms with van der Waals surface area (Å²) in [6.07, 6.45) is 0. The normalized spacial score (nSPS) is 10.8. The lowest BCUT2D eigenvalue weighted by Crippen LogP contribution is -2.02. The first kappa shape index (κ1) is 10.1. The molecule has 0 bridgehead atoms. The van der Waals surface area contributed by atoms with E-state index in [2.05, 4.69) is 20.2 Å². The van der Waals surface area contributed by atoms with Crippen LogP contribution in [0.3, 0.4) is 0 Å². The Morgan fingerprint density at radius 3 is 2.46 bits per heavy atom. The topological polar surface area (TPSA) is 72.8 Å². The van der Waals surface area contributed by atoms with Gasteiger partial charge in [-0.15, -0.1) is 4.91 Å². The minimum atomic E-state index is -4.07. The van der Waals surface area contributed by atoms with Gasteiger partial charge in [-0.1, -0.05) is 12.1 Å². The van der Waals surface area contributed by atoms with Crippen LogP contribution in [-0.4, -0.2) is 8.42 Å². The van der Waals surface area contributed by atoms with Gasteiger partial charge in [0, 0.05) is 4.47 Å². The summed E-state index contributed by atoms with van der Waals surface area (Å²) in [6, 6.07) is 5.95. The molecule has 0 radical (unpaired) electrons. The first-order chi connectivity index (χ1) is 6.08. The lowest BCUT2D eigenvalue weighted by molar-refractivity contribution is 0.333. The Morgan fingerprint density at radius 2 is 1.92 bits per heavy atom. The van der Waals surface area contributed by atoms with E-state index in [1.165, 1.54) is 18.2 Å². The van der Waals surface area contributed by atoms with Gasteiger partial charge in [0.15, 0.2) is 5.34 Å². The molecule has 1 rings (SSSR count). The van der Waals surface area contributed by atoms with Crippen molar-refractivity contribution in [1.29, 1.82) is 0 Å². The maximum absolute atomic E-state index is 11.1. The van der Waals surface area contributed by atoms with Gasteiger partial charge >= 0.3 is 10.1 Å². The predicted molar refractivity (Wildman–Crippen MR) is 48.2 cm³/mol. The third kappa shape index (κ3) is 2.25. The fourth-order valence-corrected chi connectivity index (χ4v) is 2.32. The van der Waals surface area contributed by atoms with E-state index >= 15 is 0 Å². The number of nitrogens with zero attached hydrogens (tertiary/aromatic N) is 1. The van der Waals surface area contributed by atoms with E-state index in [1.807, 2.05) is 5.34 Å². The van der Waals surface area contributed by atoms with Crippen LogP contribution in [0.15, 0.2) is 39.0 Å². The lowest BCUT2D eigenvalue weighted by Gasteiger charge is -2.00. The highest BCUT2D eigenvalue weighted by Gasteiger charge is 2.19. The summed E-state index contributed by atoms with van der Waals surface area (Å²) >= 11 is 3.00. The number of benzene rings is 1. The van der Waals surface area contributed by atoms with Crippen LogP contribution in [0.1, 0.15) is 0 Å². The average molecular weight is 266 g/mol. The van der Waals surface area contributed by atoms with Gasteiger partial charge in [0.05, 0.1) is 0 Å². The molecule has 0 aliphatic rings. The molecule has 0 N–H and O–H groups in total. The lowest BCUT2D eigenvalue weighted by atomic mass is 10.4. The smallest absolute Gasteiger partial charge is 0.228 e. The molecule has 0 aliphatic heterocycles. The van der Waals surface area contributed by atoms with E-state index in [9.17, 15) is 13.3 Å². The van der Waals surface area contributed by atoms with Crippen LogP contribution in [0.25, 0.3) is 0 Å². The Balaban J connectivity index is 3.22. The van der Waals surface area contributed by atoms with Crippen molar-refractivity contribution >= 4 is 26.0 Å². The van der Waals surface area contributed by atoms with Gasteiger partial charge in [-0.2, -0.15) is 8.42 Å². The second kappa shape index (κ2) is 3.84. The monoisotopic (exact) mass is 265 g/mol. The van der Waals surface area contributed by atoms with Crippen LogP contribution in [0.5, 0.6) is 0 Å². The SMILES string of the molecule is O=NOS(=O)(=O)c1ccccc1Br. The number of rotatable bonds is 3. The van der Waals surface area contributed by atoms with Crippen molar-refractivity contribution in [2.75, 3.05) is 0 Å². The second-order valence-electron chi connectivity index (χ2n) is 2.03. The standard InChI is InChI=1S/C6H4BrNO4S/c7-5-3-1-2-4-6(5)13(10,11)12-8-9/h1-4H. The Hall–Kier alpha value is -0.950. The van der Waals surface area contributed by atoms with Crippen LogP contribution in [0.4, 0.5) is 0 Å². The van der Waals surface area contributed by atoms with E-state index in [1.54, 1.807) is 6.07 Å². The molecule has 0 unspecified atom stereocenters. The molecule has 7 heteroatoms. The predicted octanol–water partition coefficient (Wildman–Crippen LogP) is 1.84. The van der Waals surface area contributed by atoms with Gasteiger partial charge < -0.3 is 0 Å². The van der Waals surface area contributed by atoms with Crippen molar-refractivity contribution in [3.63, 3.8) is 0 Å². The average Bonchev–Trinajstić information content (AvgIpc) is 2.04. The van der Waals surface area contributed by atoms with Crippen molar-refractivity contribution in [1.82, 2.24) is 0 Å². The number of hydrogen-bond acceptors (Lipinski definition) is 5. The molecule has 0 spiro atoms. The van der Waals surface area contributed by atoms with E-state index < -0.39 is 10.1 Å². The van der Waals surface area contributed by atoms with E-state index in [4.69, 9.17) is 0 Å². The van der Waals surface area contributed by atoms with Gasteiger partial charge in [0.25, 0.3) is 0 Å². The maximum atomic E-state index is 11.1. The Bertz CT molecular complexity index is 416. The van der Waals surface area contributed by atoms with Crippen LogP contribution in [0, 0.1) is 4.91 Å². The molecule has 0 amide bonds. The van der Waals surface area contributed by atoms with Crippen LogP contribution < -0.4 is 0 Å². The molecule has 0 saturated heterocycles. The zero-order chi connectivity index (χ0) is 9.90. The van der Waals surface area contributed by atoms with E-state index in [0.29, 0.717) is 4.47 Å². The summed E-state index contributed by atoms with van der Waals surface area (Å²) in [6.45, 7) is 0. The molecule has 0 aromatic heterocycles. The molecule has 0 aliphatic carbocycles. The summed E-state index contributed by atoms with van der Waals surface area (Å²) in [7, 11) is -4.07. The van der Waals surface area contributed by atoms with Crippen molar-refractivity contribution in [2.24, 2.45) is 5.34 Å². The number of halogens is 1. The second-order valence-corrected chi connectivity index (χ2v) is 4.39. The summed E-state index contributed by atoms with van der Waals surface area (Å²) in [5.74, 6) is 0. The van der Waals surface area contributed by atoms with Crippen molar-refractivity contribution < 1.29 is 12.7 Å². The summed E-state index contributed by atoms with van der Waals surface area (Å²) < 4.78 is 26.2. The first-order valence-electron chi connectivity index (χ1n) is 3.09. The summed E-state index contributed by atoms with van der Waals surface area (Å²) in [5, 5.41) is 1.87. The molecule has 0 atom stereocenters. The summed E-state index contributed by atoms with van der Waals surface area (Å²) in [5.41, 5.74) is 0. The zero-order valence-electron chi connectivity index (χ0n) is 6.18.